The molecule has 6 heteroatoms. The monoisotopic (exact) mass is 288 g/mol. The van der Waals surface area contributed by atoms with Crippen LogP contribution in [0.2, 0.25) is 0 Å². The smallest absolute Gasteiger partial charge is 0.332 e. The van der Waals surface area contributed by atoms with E-state index in [0.29, 0.717) is 29.7 Å². The molecule has 0 saturated carbocycles. The third-order valence-electron chi connectivity index (χ3n) is 3.43. The molecule has 21 heavy (non-hydrogen) atoms. The van der Waals surface area contributed by atoms with Crippen molar-refractivity contribution in [1.29, 1.82) is 0 Å². The second kappa shape index (κ2) is 6.21. The second-order valence-electron chi connectivity index (χ2n) is 4.87. The third-order valence-corrected chi connectivity index (χ3v) is 3.43. The van der Waals surface area contributed by atoms with Gasteiger partial charge in [0.15, 0.2) is 0 Å². The number of nitrogens with one attached hydrogen (secondary N) is 1. The molecule has 1 aromatic carbocycles. The first-order valence-electron chi connectivity index (χ1n) is 6.65. The molecule has 0 aromatic heterocycles. The number of anilines is 1. The highest BCUT2D eigenvalue weighted by atomic mass is 16.4. The average Bonchev–Trinajstić information content (AvgIpc) is 2.47. The fourth-order valence-electron chi connectivity index (χ4n) is 2.32. The lowest BCUT2D eigenvalue weighted by molar-refractivity contribution is -0.133. The van der Waals surface area contributed by atoms with Crippen LogP contribution in [0, 0.1) is 0 Å². The lowest BCUT2D eigenvalue weighted by Gasteiger charge is -2.17. The molecule has 2 amide bonds. The van der Waals surface area contributed by atoms with E-state index in [2.05, 4.69) is 5.32 Å². The van der Waals surface area contributed by atoms with E-state index in [-0.39, 0.29) is 5.57 Å². The van der Waals surface area contributed by atoms with Crippen LogP contribution in [0.3, 0.4) is 0 Å². The molecule has 0 atom stereocenters. The van der Waals surface area contributed by atoms with Crippen LogP contribution in [0.15, 0.2) is 35.4 Å². The lowest BCUT2D eigenvalue weighted by Crippen LogP contribution is -2.21. The number of carbonyl (C=O) groups is 3. The van der Waals surface area contributed by atoms with Gasteiger partial charge in [0.2, 0.25) is 5.91 Å². The third kappa shape index (κ3) is 3.47. The van der Waals surface area contributed by atoms with Crippen molar-refractivity contribution < 1.29 is 19.5 Å². The topological polar surface area (TPSA) is 109 Å². The molecule has 110 valence electrons. The number of carbonyl (C=O) groups excluding carboxylic acids is 2. The van der Waals surface area contributed by atoms with Crippen LogP contribution in [0.4, 0.5) is 5.69 Å². The van der Waals surface area contributed by atoms with Gasteiger partial charge in [0, 0.05) is 22.4 Å². The number of hydrogen-bond acceptors (Lipinski definition) is 3. The zero-order chi connectivity index (χ0) is 15.4. The summed E-state index contributed by atoms with van der Waals surface area (Å²) in [6.45, 7) is 0. The number of primary amides is 1. The van der Waals surface area contributed by atoms with Crippen molar-refractivity contribution in [3.05, 3.63) is 41.0 Å². The quantitative estimate of drug-likeness (QED) is 0.782. The fraction of sp³-hybridized carbons (Fsp3) is 0.267. The van der Waals surface area contributed by atoms with E-state index in [1.54, 1.807) is 12.1 Å². The van der Waals surface area contributed by atoms with Crippen molar-refractivity contribution in [2.24, 2.45) is 5.73 Å². The molecule has 1 aromatic rings. The summed E-state index contributed by atoms with van der Waals surface area (Å²) in [5.74, 6) is -1.99. The molecule has 0 bridgehead atoms. The van der Waals surface area contributed by atoms with Crippen molar-refractivity contribution in [2.75, 3.05) is 5.32 Å². The Morgan fingerprint density at radius 3 is 2.10 bits per heavy atom. The second-order valence-corrected chi connectivity index (χ2v) is 4.87. The SMILES string of the molecule is NC(=O)c1ccc(NC(=O)C2=C(C(=O)O)CCCC2)cc1. The Hall–Kier alpha value is -2.63. The van der Waals surface area contributed by atoms with Gasteiger partial charge in [0.05, 0.1) is 0 Å². The summed E-state index contributed by atoms with van der Waals surface area (Å²) in [5.41, 5.74) is 6.49. The molecule has 2 rings (SSSR count). The predicted molar refractivity (Wildman–Crippen MR) is 76.7 cm³/mol. The van der Waals surface area contributed by atoms with Crippen molar-refractivity contribution in [1.82, 2.24) is 0 Å². The minimum Gasteiger partial charge on any atom is -0.478 e. The van der Waals surface area contributed by atoms with Gasteiger partial charge in [-0.05, 0) is 49.9 Å². The van der Waals surface area contributed by atoms with Crippen molar-refractivity contribution >= 4 is 23.5 Å². The summed E-state index contributed by atoms with van der Waals surface area (Å²) < 4.78 is 0. The van der Waals surface area contributed by atoms with Gasteiger partial charge < -0.3 is 16.2 Å². The van der Waals surface area contributed by atoms with Gasteiger partial charge in [0.25, 0.3) is 5.91 Å². The first kappa shape index (κ1) is 14.8. The highest BCUT2D eigenvalue weighted by Gasteiger charge is 2.23. The maximum absolute atomic E-state index is 12.2. The van der Waals surface area contributed by atoms with E-state index in [4.69, 9.17) is 10.8 Å². The van der Waals surface area contributed by atoms with Gasteiger partial charge >= 0.3 is 5.97 Å². The van der Waals surface area contributed by atoms with Crippen molar-refractivity contribution in [3.63, 3.8) is 0 Å². The van der Waals surface area contributed by atoms with E-state index in [0.717, 1.165) is 12.8 Å². The van der Waals surface area contributed by atoms with Gasteiger partial charge in [-0.15, -0.1) is 0 Å². The number of benzene rings is 1. The molecule has 0 saturated heterocycles. The number of rotatable bonds is 4. The highest BCUT2D eigenvalue weighted by Crippen LogP contribution is 2.26. The number of nitrogens with two attached hydrogens (primary N) is 1. The molecule has 0 spiro atoms. The molecular formula is C15H16N2O4. The van der Waals surface area contributed by atoms with E-state index in [9.17, 15) is 14.4 Å². The first-order chi connectivity index (χ1) is 9.99. The van der Waals surface area contributed by atoms with Crippen LogP contribution in [0.5, 0.6) is 0 Å². The number of aliphatic carboxylic acids is 1. The van der Waals surface area contributed by atoms with Crippen LogP contribution >= 0.6 is 0 Å². The largest absolute Gasteiger partial charge is 0.478 e. The van der Waals surface area contributed by atoms with Crippen molar-refractivity contribution in [3.8, 4) is 0 Å². The van der Waals surface area contributed by atoms with Gasteiger partial charge in [0.1, 0.15) is 0 Å². The van der Waals surface area contributed by atoms with E-state index < -0.39 is 17.8 Å². The summed E-state index contributed by atoms with van der Waals surface area (Å²) in [6.07, 6.45) is 2.47. The zero-order valence-corrected chi connectivity index (χ0v) is 11.4. The maximum Gasteiger partial charge on any atom is 0.332 e. The Morgan fingerprint density at radius 2 is 1.57 bits per heavy atom. The Balaban J connectivity index is 2.16. The van der Waals surface area contributed by atoms with E-state index >= 15 is 0 Å². The summed E-state index contributed by atoms with van der Waals surface area (Å²) in [4.78, 5) is 34.3. The molecular weight excluding hydrogens is 272 g/mol. The van der Waals surface area contributed by atoms with Gasteiger partial charge in [-0.1, -0.05) is 0 Å². The molecule has 0 fully saturated rings. The number of carboxylic acid groups (broad SMARTS) is 1. The summed E-state index contributed by atoms with van der Waals surface area (Å²) in [7, 11) is 0. The van der Waals surface area contributed by atoms with Crippen LogP contribution in [-0.2, 0) is 9.59 Å². The Labute approximate surface area is 121 Å². The summed E-state index contributed by atoms with van der Waals surface area (Å²) in [6, 6.07) is 6.13. The molecule has 0 radical (unpaired) electrons. The Bertz CT molecular complexity index is 617. The standard InChI is InChI=1S/C15H16N2O4/c16-13(18)9-5-7-10(8-6-9)17-14(19)11-3-1-2-4-12(11)15(20)21/h5-8H,1-4H2,(H2,16,18)(H,17,19)(H,20,21). The highest BCUT2D eigenvalue weighted by molar-refractivity contribution is 6.09. The predicted octanol–water partition coefficient (Wildman–Crippen LogP) is 1.68. The van der Waals surface area contributed by atoms with Gasteiger partial charge in [-0.2, -0.15) is 0 Å². The van der Waals surface area contributed by atoms with Crippen molar-refractivity contribution in [2.45, 2.75) is 25.7 Å². The Morgan fingerprint density at radius 1 is 1.00 bits per heavy atom. The summed E-state index contributed by atoms with van der Waals surface area (Å²) in [5, 5.41) is 11.8. The molecule has 0 aliphatic heterocycles. The van der Waals surface area contributed by atoms with E-state index in [1.165, 1.54) is 12.1 Å². The maximum atomic E-state index is 12.2. The molecule has 0 heterocycles. The van der Waals surface area contributed by atoms with Gasteiger partial charge in [-0.3, -0.25) is 9.59 Å². The lowest BCUT2D eigenvalue weighted by atomic mass is 9.91. The molecule has 6 nitrogen and oxygen atoms in total. The van der Waals surface area contributed by atoms with Gasteiger partial charge in [-0.25, -0.2) is 4.79 Å². The van der Waals surface area contributed by atoms with Crippen LogP contribution in [0.1, 0.15) is 36.0 Å². The number of hydrogen-bond donors (Lipinski definition) is 3. The minimum absolute atomic E-state index is 0.188. The zero-order valence-electron chi connectivity index (χ0n) is 11.4. The van der Waals surface area contributed by atoms with Crippen LogP contribution in [0.25, 0.3) is 0 Å². The molecule has 1 aliphatic carbocycles. The van der Waals surface area contributed by atoms with Crippen LogP contribution in [-0.4, -0.2) is 22.9 Å². The molecule has 4 N–H and O–H groups in total. The fourth-order valence-corrected chi connectivity index (χ4v) is 2.32. The first-order valence-corrected chi connectivity index (χ1v) is 6.65. The van der Waals surface area contributed by atoms with E-state index in [1.807, 2.05) is 0 Å². The molecule has 0 unspecified atom stereocenters. The number of amides is 2. The number of carboxylic acids is 1. The Kier molecular flexibility index (Phi) is 4.37. The summed E-state index contributed by atoms with van der Waals surface area (Å²) >= 11 is 0. The normalized spacial score (nSPS) is 14.7. The molecule has 1 aliphatic rings. The van der Waals surface area contributed by atoms with Crippen LogP contribution < -0.4 is 11.1 Å². The average molecular weight is 288 g/mol. The minimum atomic E-state index is -1.04.